The number of amides is 1. The van der Waals surface area contributed by atoms with Crippen LogP contribution in [0.2, 0.25) is 0 Å². The minimum Gasteiger partial charge on any atom is -0.372 e. The van der Waals surface area contributed by atoms with Crippen molar-refractivity contribution in [3.05, 3.63) is 64.1 Å². The number of benzene rings is 2. The topological polar surface area (TPSA) is 23.6 Å². The van der Waals surface area contributed by atoms with Gasteiger partial charge in [0.05, 0.1) is 10.6 Å². The van der Waals surface area contributed by atoms with Gasteiger partial charge in [-0.2, -0.15) is 0 Å². The van der Waals surface area contributed by atoms with E-state index in [2.05, 4.69) is 49.1 Å². The van der Waals surface area contributed by atoms with Gasteiger partial charge in [-0.05, 0) is 63.1 Å². The average molecular weight is 397 g/mol. The molecule has 3 nitrogen and oxygen atoms in total. The fourth-order valence-electron chi connectivity index (χ4n) is 3.25. The molecule has 0 N–H and O–H groups in total. The van der Waals surface area contributed by atoms with E-state index in [1.165, 1.54) is 23.0 Å². The van der Waals surface area contributed by atoms with Crippen LogP contribution < -0.4 is 9.80 Å². The van der Waals surface area contributed by atoms with Gasteiger partial charge >= 0.3 is 0 Å². The van der Waals surface area contributed by atoms with Crippen molar-refractivity contribution >= 4 is 51.7 Å². The van der Waals surface area contributed by atoms with E-state index < -0.39 is 0 Å². The van der Waals surface area contributed by atoms with Crippen molar-refractivity contribution in [2.75, 3.05) is 22.9 Å². The number of rotatable bonds is 5. The Labute approximate surface area is 171 Å². The first-order valence-corrected chi connectivity index (χ1v) is 10.4. The van der Waals surface area contributed by atoms with Gasteiger partial charge in [0.25, 0.3) is 5.91 Å². The molecule has 5 heteroatoms. The lowest BCUT2D eigenvalue weighted by Gasteiger charge is -2.20. The van der Waals surface area contributed by atoms with Gasteiger partial charge in [0, 0.05) is 18.8 Å². The highest BCUT2D eigenvalue weighted by Gasteiger charge is 2.34. The highest BCUT2D eigenvalue weighted by Crippen LogP contribution is 2.37. The van der Waals surface area contributed by atoms with Crippen LogP contribution in [-0.2, 0) is 4.79 Å². The maximum atomic E-state index is 13.0. The molecular weight excluding hydrogens is 372 g/mol. The number of anilines is 2. The molecule has 140 valence electrons. The van der Waals surface area contributed by atoms with E-state index in [0.29, 0.717) is 9.23 Å². The molecule has 0 aliphatic carbocycles. The Morgan fingerprint density at radius 2 is 1.74 bits per heavy atom. The Bertz CT molecular complexity index is 899. The second-order valence-electron chi connectivity index (χ2n) is 6.57. The van der Waals surface area contributed by atoms with Gasteiger partial charge in [-0.15, -0.1) is 0 Å². The summed E-state index contributed by atoms with van der Waals surface area (Å²) in [6.07, 6.45) is 1.93. The summed E-state index contributed by atoms with van der Waals surface area (Å²) in [5.41, 5.74) is 5.29. The molecule has 2 aromatic rings. The normalized spacial score (nSPS) is 15.7. The molecule has 27 heavy (non-hydrogen) atoms. The van der Waals surface area contributed by atoms with Gasteiger partial charge in [-0.3, -0.25) is 9.69 Å². The number of carbonyl (C=O) groups excluding carboxylic acids is 1. The van der Waals surface area contributed by atoms with E-state index in [1.54, 1.807) is 4.90 Å². The quantitative estimate of drug-likeness (QED) is 0.488. The minimum absolute atomic E-state index is 0.0511. The van der Waals surface area contributed by atoms with Crippen LogP contribution >= 0.6 is 24.0 Å². The molecule has 1 aliphatic heterocycles. The Balaban J connectivity index is 1.86. The molecule has 1 amide bonds. The number of carbonyl (C=O) groups is 1. The summed E-state index contributed by atoms with van der Waals surface area (Å²) in [5.74, 6) is -0.0511. The third-order valence-corrected chi connectivity index (χ3v) is 6.01. The Hall–Kier alpha value is -2.11. The predicted octanol–water partition coefficient (Wildman–Crippen LogP) is 5.56. The van der Waals surface area contributed by atoms with Crippen LogP contribution in [0.15, 0.2) is 47.4 Å². The highest BCUT2D eigenvalue weighted by molar-refractivity contribution is 8.27. The fraction of sp³-hybridized carbons (Fsp3) is 0.273. The van der Waals surface area contributed by atoms with Gasteiger partial charge < -0.3 is 4.90 Å². The van der Waals surface area contributed by atoms with Gasteiger partial charge in [-0.1, -0.05) is 53.8 Å². The third kappa shape index (κ3) is 4.09. The molecule has 3 rings (SSSR count). The number of thiocarbonyl (C=S) groups is 1. The summed E-state index contributed by atoms with van der Waals surface area (Å²) >= 11 is 6.85. The van der Waals surface area contributed by atoms with Crippen LogP contribution in [0.4, 0.5) is 11.4 Å². The number of aryl methyl sites for hydroxylation is 2. The number of hydrogen-bond acceptors (Lipinski definition) is 4. The first-order chi connectivity index (χ1) is 12.9. The minimum atomic E-state index is -0.0511. The number of hydrogen-bond donors (Lipinski definition) is 0. The largest absolute Gasteiger partial charge is 0.372 e. The molecular formula is C22H24N2OS2. The second-order valence-corrected chi connectivity index (χ2v) is 8.25. The molecule has 0 bridgehead atoms. The van der Waals surface area contributed by atoms with Gasteiger partial charge in [0.2, 0.25) is 0 Å². The van der Waals surface area contributed by atoms with Gasteiger partial charge in [0.15, 0.2) is 4.32 Å². The SMILES string of the molecule is CCN(CC)c1ccc(/C=C2/SC(=S)N(c3ccc(C)cc3C)C2=O)cc1. The zero-order chi connectivity index (χ0) is 19.6. The van der Waals surface area contributed by atoms with E-state index in [0.717, 1.165) is 29.9 Å². The van der Waals surface area contributed by atoms with Crippen LogP contribution in [0, 0.1) is 13.8 Å². The lowest BCUT2D eigenvalue weighted by Crippen LogP contribution is -2.28. The van der Waals surface area contributed by atoms with E-state index >= 15 is 0 Å². The maximum Gasteiger partial charge on any atom is 0.270 e. The molecule has 0 aromatic heterocycles. The monoisotopic (exact) mass is 396 g/mol. The maximum absolute atomic E-state index is 13.0. The van der Waals surface area contributed by atoms with Crippen molar-refractivity contribution < 1.29 is 4.79 Å². The van der Waals surface area contributed by atoms with Crippen molar-refractivity contribution in [1.82, 2.24) is 0 Å². The lowest BCUT2D eigenvalue weighted by molar-refractivity contribution is -0.113. The lowest BCUT2D eigenvalue weighted by atomic mass is 10.1. The summed E-state index contributed by atoms with van der Waals surface area (Å²) in [4.78, 5) is 17.6. The zero-order valence-corrected chi connectivity index (χ0v) is 17.8. The highest BCUT2D eigenvalue weighted by atomic mass is 32.2. The van der Waals surface area contributed by atoms with Gasteiger partial charge in [-0.25, -0.2) is 0 Å². The first kappa shape index (κ1) is 19.6. The van der Waals surface area contributed by atoms with Crippen molar-refractivity contribution in [3.8, 4) is 0 Å². The molecule has 1 saturated heterocycles. The molecule has 0 spiro atoms. The van der Waals surface area contributed by atoms with E-state index in [-0.39, 0.29) is 5.91 Å². The standard InChI is InChI=1S/C22H24N2OS2/c1-5-23(6-2)18-10-8-17(9-11-18)14-20-21(25)24(22(26)27-20)19-12-7-15(3)13-16(19)4/h7-14H,5-6H2,1-4H3/b20-14+. The van der Waals surface area contributed by atoms with Crippen molar-refractivity contribution in [3.63, 3.8) is 0 Å². The van der Waals surface area contributed by atoms with Crippen molar-refractivity contribution in [1.29, 1.82) is 0 Å². The van der Waals surface area contributed by atoms with E-state index in [1.807, 2.05) is 32.1 Å². The molecule has 0 saturated carbocycles. The fourth-order valence-corrected chi connectivity index (χ4v) is 4.54. The van der Waals surface area contributed by atoms with Crippen LogP contribution in [0.1, 0.15) is 30.5 Å². The summed E-state index contributed by atoms with van der Waals surface area (Å²) in [5, 5.41) is 0. The summed E-state index contributed by atoms with van der Waals surface area (Å²) < 4.78 is 0.581. The summed E-state index contributed by atoms with van der Waals surface area (Å²) in [6, 6.07) is 14.4. The van der Waals surface area contributed by atoms with Crippen LogP contribution in [-0.4, -0.2) is 23.3 Å². The Morgan fingerprint density at radius 1 is 1.07 bits per heavy atom. The van der Waals surface area contributed by atoms with Crippen molar-refractivity contribution in [2.24, 2.45) is 0 Å². The van der Waals surface area contributed by atoms with Gasteiger partial charge in [0.1, 0.15) is 0 Å². The molecule has 1 aliphatic rings. The van der Waals surface area contributed by atoms with E-state index in [9.17, 15) is 4.79 Å². The number of nitrogens with zero attached hydrogens (tertiary/aromatic N) is 2. The van der Waals surface area contributed by atoms with E-state index in [4.69, 9.17) is 12.2 Å². The van der Waals surface area contributed by atoms with Crippen molar-refractivity contribution in [2.45, 2.75) is 27.7 Å². The first-order valence-electron chi connectivity index (χ1n) is 9.14. The molecule has 2 aromatic carbocycles. The third-order valence-electron chi connectivity index (χ3n) is 4.71. The second kappa shape index (κ2) is 8.28. The summed E-state index contributed by atoms with van der Waals surface area (Å²) in [7, 11) is 0. The Kier molecular flexibility index (Phi) is 6.02. The summed E-state index contributed by atoms with van der Waals surface area (Å²) in [6.45, 7) is 10.3. The molecule has 1 heterocycles. The smallest absolute Gasteiger partial charge is 0.270 e. The average Bonchev–Trinajstić information content (AvgIpc) is 2.91. The predicted molar refractivity (Wildman–Crippen MR) is 122 cm³/mol. The van der Waals surface area contributed by atoms with Crippen LogP contribution in [0.3, 0.4) is 0 Å². The van der Waals surface area contributed by atoms with Crippen LogP contribution in [0.25, 0.3) is 6.08 Å². The Morgan fingerprint density at radius 3 is 2.33 bits per heavy atom. The van der Waals surface area contributed by atoms with Crippen LogP contribution in [0.5, 0.6) is 0 Å². The molecule has 0 atom stereocenters. The molecule has 0 unspecified atom stereocenters. The zero-order valence-electron chi connectivity index (χ0n) is 16.2. The molecule has 0 radical (unpaired) electrons. The molecule has 1 fully saturated rings. The number of thioether (sulfide) groups is 1.